The largest absolute Gasteiger partial charge is 0.415 e. The maximum atomic E-state index is 12.9. The number of halogens is 3. The molecule has 2 aliphatic heterocycles. The lowest BCUT2D eigenvalue weighted by Crippen LogP contribution is -2.47. The second kappa shape index (κ2) is 20.1. The summed E-state index contributed by atoms with van der Waals surface area (Å²) in [5.74, 6) is -0.332. The SMILES string of the molecule is CC.CCC(C)(C)C.COC1CCC2C3CCc4cc(OC(=O)N5CCC(N6CCCC6=O)CC5)ccc4C3CCC12C.[B]C([B])(F)C(F)(F)CCCS. The first-order valence-corrected chi connectivity index (χ1v) is 21.2. The van der Waals surface area contributed by atoms with Gasteiger partial charge >= 0.3 is 6.09 Å². The number of nitrogens with zero attached hydrogens (tertiary/aromatic N) is 2. The molecule has 302 valence electrons. The Morgan fingerprint density at radius 1 is 1.00 bits per heavy atom. The number of alkyl halides is 3. The zero-order valence-electron chi connectivity index (χ0n) is 34.4. The van der Waals surface area contributed by atoms with E-state index in [1.165, 1.54) is 49.7 Å². The average Bonchev–Trinajstić information content (AvgIpc) is 3.73. The summed E-state index contributed by atoms with van der Waals surface area (Å²) in [5.41, 5.74) is 0.307. The van der Waals surface area contributed by atoms with E-state index in [0.717, 1.165) is 44.1 Å². The van der Waals surface area contributed by atoms with Crippen LogP contribution in [0.2, 0.25) is 0 Å². The van der Waals surface area contributed by atoms with Gasteiger partial charge in [-0.25, -0.2) is 13.6 Å². The van der Waals surface area contributed by atoms with Crippen molar-refractivity contribution >= 4 is 40.3 Å². The second-order valence-corrected chi connectivity index (χ2v) is 17.6. The van der Waals surface area contributed by atoms with Gasteiger partial charge in [0.25, 0.3) is 5.92 Å². The molecule has 0 N–H and O–H groups in total. The van der Waals surface area contributed by atoms with E-state index >= 15 is 0 Å². The van der Waals surface area contributed by atoms with Gasteiger partial charge in [0.1, 0.15) is 21.4 Å². The van der Waals surface area contributed by atoms with Crippen molar-refractivity contribution in [2.45, 2.75) is 161 Å². The number of benzene rings is 1. The van der Waals surface area contributed by atoms with Gasteiger partial charge in [0, 0.05) is 45.6 Å². The molecule has 6 rings (SSSR count). The highest BCUT2D eigenvalue weighted by Crippen LogP contribution is 2.61. The van der Waals surface area contributed by atoms with Crippen LogP contribution in [-0.4, -0.2) is 93.5 Å². The molecule has 4 radical (unpaired) electrons. The van der Waals surface area contributed by atoms with Crippen molar-refractivity contribution in [3.05, 3.63) is 29.3 Å². The predicted octanol–water partition coefficient (Wildman–Crippen LogP) is 9.90. The predicted molar refractivity (Wildman–Crippen MR) is 218 cm³/mol. The first-order valence-electron chi connectivity index (χ1n) is 20.5. The van der Waals surface area contributed by atoms with Gasteiger partial charge in [-0.1, -0.05) is 61.0 Å². The van der Waals surface area contributed by atoms with E-state index in [2.05, 4.69) is 75.1 Å². The van der Waals surface area contributed by atoms with Crippen LogP contribution in [0.5, 0.6) is 5.75 Å². The molecular formula is C42H67B2F3N2O4S. The lowest BCUT2D eigenvalue weighted by molar-refractivity contribution is -0.130. The zero-order chi connectivity index (χ0) is 40.5. The molecule has 54 heavy (non-hydrogen) atoms. The Bertz CT molecular complexity index is 1350. The minimum Gasteiger partial charge on any atom is -0.410 e. The van der Waals surface area contributed by atoms with Gasteiger partial charge in [0.15, 0.2) is 0 Å². The van der Waals surface area contributed by atoms with Crippen LogP contribution in [0.4, 0.5) is 18.0 Å². The van der Waals surface area contributed by atoms with Crippen LogP contribution in [0.1, 0.15) is 143 Å². The number of piperidine rings is 1. The number of methoxy groups -OCH3 is 1. The summed E-state index contributed by atoms with van der Waals surface area (Å²) in [4.78, 5) is 28.8. The quantitative estimate of drug-likeness (QED) is 0.222. The number of hydrogen-bond acceptors (Lipinski definition) is 5. The fourth-order valence-corrected chi connectivity index (χ4v) is 9.19. The highest BCUT2D eigenvalue weighted by molar-refractivity contribution is 7.80. The third-order valence-electron chi connectivity index (χ3n) is 12.6. The van der Waals surface area contributed by atoms with E-state index in [-0.39, 0.29) is 30.2 Å². The van der Waals surface area contributed by atoms with Gasteiger partial charge in [-0.05, 0) is 122 Å². The lowest BCUT2D eigenvalue weighted by atomic mass is 9.55. The summed E-state index contributed by atoms with van der Waals surface area (Å²) in [6, 6.07) is 6.65. The molecule has 5 unspecified atom stereocenters. The van der Waals surface area contributed by atoms with Crippen molar-refractivity contribution in [3.8, 4) is 5.75 Å². The number of rotatable bonds is 7. The first-order chi connectivity index (χ1) is 25.3. The monoisotopic (exact) mass is 774 g/mol. The van der Waals surface area contributed by atoms with Crippen molar-refractivity contribution in [2.24, 2.45) is 22.7 Å². The third kappa shape index (κ3) is 11.6. The number of hydrogen-bond donors (Lipinski definition) is 1. The molecule has 2 saturated carbocycles. The maximum Gasteiger partial charge on any atom is 0.415 e. The number of thiol groups is 1. The molecule has 1 aromatic rings. The molecule has 6 nitrogen and oxygen atoms in total. The van der Waals surface area contributed by atoms with Crippen LogP contribution in [0.15, 0.2) is 18.2 Å². The lowest BCUT2D eigenvalue weighted by Gasteiger charge is -2.50. The highest BCUT2D eigenvalue weighted by Gasteiger charge is 2.55. The van der Waals surface area contributed by atoms with E-state index in [9.17, 15) is 22.8 Å². The van der Waals surface area contributed by atoms with Crippen LogP contribution < -0.4 is 4.74 Å². The Hall–Kier alpha value is -1.81. The van der Waals surface area contributed by atoms with Gasteiger partial charge in [0.05, 0.1) is 11.6 Å². The molecule has 5 atom stereocenters. The molecule has 1 aromatic carbocycles. The summed E-state index contributed by atoms with van der Waals surface area (Å²) < 4.78 is 48.9. The van der Waals surface area contributed by atoms with Crippen molar-refractivity contribution < 1.29 is 32.2 Å². The van der Waals surface area contributed by atoms with Crippen LogP contribution in [0, 0.1) is 22.7 Å². The van der Waals surface area contributed by atoms with Crippen molar-refractivity contribution in [3.63, 3.8) is 0 Å². The Morgan fingerprint density at radius 2 is 1.65 bits per heavy atom. The van der Waals surface area contributed by atoms with Crippen LogP contribution in [0.25, 0.3) is 0 Å². The summed E-state index contributed by atoms with van der Waals surface area (Å²) in [5, 5.41) is 0. The molecule has 0 spiro atoms. The van der Waals surface area contributed by atoms with Crippen LogP contribution in [0.3, 0.4) is 0 Å². The summed E-state index contributed by atoms with van der Waals surface area (Å²) >= 11 is 3.69. The molecule has 0 bridgehead atoms. The number of fused-ring (bicyclic) bond motifs is 5. The van der Waals surface area contributed by atoms with Crippen LogP contribution >= 0.6 is 12.6 Å². The van der Waals surface area contributed by atoms with Crippen LogP contribution in [-0.2, 0) is 16.0 Å². The zero-order valence-corrected chi connectivity index (χ0v) is 35.3. The molecule has 12 heteroatoms. The van der Waals surface area contributed by atoms with E-state index in [0.29, 0.717) is 48.1 Å². The van der Waals surface area contributed by atoms with Crippen molar-refractivity contribution in [1.29, 1.82) is 0 Å². The number of ether oxygens (including phenoxy) is 2. The van der Waals surface area contributed by atoms with Gasteiger partial charge in [-0.15, -0.1) is 0 Å². The Kier molecular flexibility index (Phi) is 17.3. The minimum atomic E-state index is -3.67. The highest BCUT2D eigenvalue weighted by atomic mass is 32.1. The molecular weight excluding hydrogens is 707 g/mol. The summed E-state index contributed by atoms with van der Waals surface area (Å²) in [7, 11) is 10.7. The normalized spacial score (nSPS) is 26.9. The molecule has 2 amide bonds. The maximum absolute atomic E-state index is 12.9. The average molecular weight is 775 g/mol. The number of amides is 2. The summed E-state index contributed by atoms with van der Waals surface area (Å²) in [6.07, 6.45) is 11.4. The van der Waals surface area contributed by atoms with Gasteiger partial charge < -0.3 is 19.3 Å². The van der Waals surface area contributed by atoms with E-state index in [4.69, 9.17) is 9.47 Å². The van der Waals surface area contributed by atoms with Crippen molar-refractivity contribution in [1.82, 2.24) is 9.80 Å². The van der Waals surface area contributed by atoms with Gasteiger partial charge in [-0.2, -0.15) is 12.6 Å². The number of carbonyl (C=O) groups is 2. The Morgan fingerprint density at radius 3 is 2.19 bits per heavy atom. The van der Waals surface area contributed by atoms with Crippen molar-refractivity contribution in [2.75, 3.05) is 32.5 Å². The topological polar surface area (TPSA) is 59.1 Å². The molecule has 2 saturated heterocycles. The smallest absolute Gasteiger partial charge is 0.410 e. The molecule has 3 aliphatic carbocycles. The van der Waals surface area contributed by atoms with E-state index in [1.807, 2.05) is 31.9 Å². The number of carbonyl (C=O) groups excluding carboxylic acids is 2. The Labute approximate surface area is 333 Å². The van der Waals surface area contributed by atoms with E-state index < -0.39 is 17.8 Å². The fraction of sp³-hybridized carbons (Fsp3) is 0.810. The van der Waals surface area contributed by atoms with Gasteiger partial charge in [-0.3, -0.25) is 9.18 Å². The molecule has 5 aliphatic rings. The number of aryl methyl sites for hydroxylation is 1. The number of likely N-dealkylation sites (tertiary alicyclic amines) is 2. The minimum absolute atomic E-state index is 0.0795. The first kappa shape index (κ1) is 46.6. The molecule has 4 fully saturated rings. The Balaban J connectivity index is 0.000000345. The summed E-state index contributed by atoms with van der Waals surface area (Å²) in [6.45, 7) is 17.6. The molecule has 2 heterocycles. The second-order valence-electron chi connectivity index (χ2n) is 17.1. The fourth-order valence-electron chi connectivity index (χ4n) is 9.03. The molecule has 0 aromatic heterocycles. The third-order valence-corrected chi connectivity index (χ3v) is 13.0. The standard InChI is InChI=1S/C29H40N2O4.C6H14.C5H7B2F3S.C2H6/c1-29-14-11-23-22-8-6-21(18-19(22)5-7-24(23)25(29)9-10-26(29)34-2)35-28(33)30-16-12-20(13-17-30)31-15-3-4-27(31)32;1-5-6(2,3)4;6-5(7,10)4(8,9)2-1-3-11;1-2/h6,8,18,20,23-26H,3-5,7,9-17H2,1-2H3;5H2,1-4H3;11H,1-3H2;1-2H3. The van der Waals surface area contributed by atoms with Gasteiger partial charge in [0.2, 0.25) is 5.91 Å². The van der Waals surface area contributed by atoms with E-state index in [1.54, 1.807) is 4.90 Å².